The molecule has 1 fully saturated rings. The maximum absolute atomic E-state index is 12.1. The van der Waals surface area contributed by atoms with Gasteiger partial charge in [-0.2, -0.15) is 0 Å². The van der Waals surface area contributed by atoms with Crippen LogP contribution in [0.2, 0.25) is 5.15 Å². The van der Waals surface area contributed by atoms with E-state index in [1.54, 1.807) is 11.0 Å². The molecular formula is C14H21ClN4O2. The molecule has 1 aliphatic heterocycles. The van der Waals surface area contributed by atoms with Crippen molar-refractivity contribution in [3.8, 4) is 0 Å². The first-order valence-corrected chi connectivity index (χ1v) is 7.34. The molecule has 0 N–H and O–H groups in total. The number of halogens is 1. The van der Waals surface area contributed by atoms with Crippen LogP contribution in [-0.2, 0) is 4.74 Å². The lowest BCUT2D eigenvalue weighted by Crippen LogP contribution is -2.39. The minimum Gasteiger partial charge on any atom is -0.444 e. The average molecular weight is 313 g/mol. The molecule has 0 saturated carbocycles. The molecule has 21 heavy (non-hydrogen) atoms. The number of amides is 1. The lowest BCUT2D eigenvalue weighted by Gasteiger charge is -2.27. The molecule has 0 aliphatic carbocycles. The van der Waals surface area contributed by atoms with Crippen LogP contribution in [0.5, 0.6) is 0 Å². The molecule has 0 spiro atoms. The number of likely N-dealkylation sites (N-methyl/N-ethyl adjacent to an activating group) is 1. The molecule has 1 aliphatic rings. The second-order valence-electron chi connectivity index (χ2n) is 6.19. The summed E-state index contributed by atoms with van der Waals surface area (Å²) in [4.78, 5) is 15.8. The van der Waals surface area contributed by atoms with Gasteiger partial charge in [0.2, 0.25) is 0 Å². The van der Waals surface area contributed by atoms with Crippen LogP contribution in [0.3, 0.4) is 0 Å². The summed E-state index contributed by atoms with van der Waals surface area (Å²) in [6.45, 7) is 6.91. The molecule has 1 aromatic rings. The van der Waals surface area contributed by atoms with Gasteiger partial charge >= 0.3 is 6.09 Å². The van der Waals surface area contributed by atoms with E-state index in [9.17, 15) is 4.79 Å². The molecule has 1 amide bonds. The second kappa shape index (κ2) is 6.05. The minimum atomic E-state index is -0.470. The Labute approximate surface area is 130 Å². The molecule has 1 aromatic heterocycles. The van der Waals surface area contributed by atoms with Crippen molar-refractivity contribution in [2.24, 2.45) is 0 Å². The third-order valence-corrected chi connectivity index (χ3v) is 3.54. The van der Waals surface area contributed by atoms with Crippen molar-refractivity contribution in [1.29, 1.82) is 0 Å². The first kappa shape index (κ1) is 15.8. The Morgan fingerprint density at radius 1 is 1.43 bits per heavy atom. The van der Waals surface area contributed by atoms with Crippen molar-refractivity contribution in [1.82, 2.24) is 15.1 Å². The average Bonchev–Trinajstić information content (AvgIpc) is 2.86. The monoisotopic (exact) mass is 312 g/mol. The molecule has 7 heteroatoms. The van der Waals surface area contributed by atoms with Gasteiger partial charge in [-0.05, 0) is 39.3 Å². The largest absolute Gasteiger partial charge is 0.444 e. The highest BCUT2D eigenvalue weighted by Crippen LogP contribution is 2.21. The number of nitrogens with zero attached hydrogens (tertiary/aromatic N) is 4. The van der Waals surface area contributed by atoms with Crippen LogP contribution in [0, 0.1) is 0 Å². The summed E-state index contributed by atoms with van der Waals surface area (Å²) in [5, 5.41) is 8.27. The number of rotatable bonds is 2. The SMILES string of the molecule is CN(c1ccc(Cl)nn1)[C@H]1CCN(C(=O)OC(C)(C)C)C1. The molecule has 116 valence electrons. The summed E-state index contributed by atoms with van der Waals surface area (Å²) in [5.74, 6) is 0.746. The van der Waals surface area contributed by atoms with Crippen molar-refractivity contribution < 1.29 is 9.53 Å². The number of hydrogen-bond donors (Lipinski definition) is 0. The maximum atomic E-state index is 12.1. The number of carbonyl (C=O) groups excluding carboxylic acids is 1. The molecule has 6 nitrogen and oxygen atoms in total. The fourth-order valence-electron chi connectivity index (χ4n) is 2.23. The fraction of sp³-hybridized carbons (Fsp3) is 0.643. The van der Waals surface area contributed by atoms with Gasteiger partial charge in [-0.25, -0.2) is 4.79 Å². The van der Waals surface area contributed by atoms with Gasteiger partial charge in [0.05, 0.1) is 0 Å². The summed E-state index contributed by atoms with van der Waals surface area (Å²) in [6.07, 6.45) is 0.612. The van der Waals surface area contributed by atoms with E-state index in [2.05, 4.69) is 10.2 Å². The predicted molar refractivity (Wildman–Crippen MR) is 81.7 cm³/mol. The zero-order chi connectivity index (χ0) is 15.6. The van der Waals surface area contributed by atoms with Gasteiger partial charge in [0.25, 0.3) is 0 Å². The quantitative estimate of drug-likeness (QED) is 0.840. The Balaban J connectivity index is 1.95. The fourth-order valence-corrected chi connectivity index (χ4v) is 2.34. The van der Waals surface area contributed by atoms with Crippen LogP contribution >= 0.6 is 11.6 Å². The van der Waals surface area contributed by atoms with Gasteiger partial charge in [-0.15, -0.1) is 10.2 Å². The van der Waals surface area contributed by atoms with Crippen LogP contribution in [0.1, 0.15) is 27.2 Å². The molecule has 0 bridgehead atoms. The van der Waals surface area contributed by atoms with Gasteiger partial charge < -0.3 is 14.5 Å². The van der Waals surface area contributed by atoms with Crippen molar-refractivity contribution in [3.63, 3.8) is 0 Å². The van der Waals surface area contributed by atoms with Crippen LogP contribution in [0.4, 0.5) is 10.6 Å². The lowest BCUT2D eigenvalue weighted by atomic mass is 10.2. The Bertz CT molecular complexity index is 501. The van der Waals surface area contributed by atoms with E-state index < -0.39 is 5.60 Å². The highest BCUT2D eigenvalue weighted by Gasteiger charge is 2.32. The zero-order valence-corrected chi connectivity index (χ0v) is 13.6. The highest BCUT2D eigenvalue weighted by atomic mass is 35.5. The Morgan fingerprint density at radius 2 is 2.14 bits per heavy atom. The molecule has 1 atom stereocenters. The molecule has 2 heterocycles. The number of ether oxygens (including phenoxy) is 1. The summed E-state index contributed by atoms with van der Waals surface area (Å²) >= 11 is 5.74. The van der Waals surface area contributed by atoms with E-state index in [4.69, 9.17) is 16.3 Å². The molecule has 1 saturated heterocycles. The number of anilines is 1. The van der Waals surface area contributed by atoms with Crippen LogP contribution in [-0.4, -0.2) is 53.0 Å². The Morgan fingerprint density at radius 3 is 2.71 bits per heavy atom. The van der Waals surface area contributed by atoms with Gasteiger partial charge in [-0.1, -0.05) is 11.6 Å². The van der Waals surface area contributed by atoms with Crippen molar-refractivity contribution in [2.45, 2.75) is 38.8 Å². The summed E-state index contributed by atoms with van der Waals surface area (Å²) in [7, 11) is 1.95. The molecule has 2 rings (SSSR count). The molecular weight excluding hydrogens is 292 g/mol. The summed E-state index contributed by atoms with van der Waals surface area (Å²) < 4.78 is 5.39. The normalized spacial score (nSPS) is 18.7. The maximum Gasteiger partial charge on any atom is 0.410 e. The van der Waals surface area contributed by atoms with E-state index in [1.807, 2.05) is 38.8 Å². The van der Waals surface area contributed by atoms with E-state index in [-0.39, 0.29) is 12.1 Å². The lowest BCUT2D eigenvalue weighted by molar-refractivity contribution is 0.0292. The molecule has 0 aromatic carbocycles. The third kappa shape index (κ3) is 4.20. The Kier molecular flexibility index (Phi) is 4.56. The van der Waals surface area contributed by atoms with Crippen LogP contribution in [0.25, 0.3) is 0 Å². The van der Waals surface area contributed by atoms with Gasteiger partial charge in [0.15, 0.2) is 11.0 Å². The van der Waals surface area contributed by atoms with Crippen molar-refractivity contribution in [2.75, 3.05) is 25.0 Å². The Hall–Kier alpha value is -1.56. The van der Waals surface area contributed by atoms with E-state index >= 15 is 0 Å². The van der Waals surface area contributed by atoms with Gasteiger partial charge in [0.1, 0.15) is 5.60 Å². The molecule has 0 unspecified atom stereocenters. The van der Waals surface area contributed by atoms with Gasteiger partial charge in [-0.3, -0.25) is 0 Å². The third-order valence-electron chi connectivity index (χ3n) is 3.34. The smallest absolute Gasteiger partial charge is 0.410 e. The van der Waals surface area contributed by atoms with E-state index in [1.165, 1.54) is 0 Å². The second-order valence-corrected chi connectivity index (χ2v) is 6.58. The van der Waals surface area contributed by atoms with Crippen LogP contribution < -0.4 is 4.90 Å². The van der Waals surface area contributed by atoms with Crippen molar-refractivity contribution in [3.05, 3.63) is 17.3 Å². The number of aromatic nitrogens is 2. The van der Waals surface area contributed by atoms with Crippen molar-refractivity contribution >= 4 is 23.5 Å². The standard InChI is InChI=1S/C14H21ClN4O2/c1-14(2,3)21-13(20)19-8-7-10(9-19)18(4)12-6-5-11(15)16-17-12/h5-6,10H,7-9H2,1-4H3/t10-/m0/s1. The van der Waals surface area contributed by atoms with Gasteiger partial charge in [0, 0.05) is 26.2 Å². The number of hydrogen-bond acceptors (Lipinski definition) is 5. The zero-order valence-electron chi connectivity index (χ0n) is 12.8. The minimum absolute atomic E-state index is 0.202. The topological polar surface area (TPSA) is 58.6 Å². The number of likely N-dealkylation sites (tertiary alicyclic amines) is 1. The first-order valence-electron chi connectivity index (χ1n) is 6.96. The first-order chi connectivity index (χ1) is 9.76. The van der Waals surface area contributed by atoms with E-state index in [0.29, 0.717) is 18.2 Å². The predicted octanol–water partition coefficient (Wildman–Crippen LogP) is 2.58. The molecule has 0 radical (unpaired) electrons. The number of carbonyl (C=O) groups is 1. The summed E-state index contributed by atoms with van der Waals surface area (Å²) in [5.41, 5.74) is -0.470. The van der Waals surface area contributed by atoms with E-state index in [0.717, 1.165) is 12.2 Å². The highest BCUT2D eigenvalue weighted by molar-refractivity contribution is 6.29. The summed E-state index contributed by atoms with van der Waals surface area (Å²) in [6, 6.07) is 3.74. The van der Waals surface area contributed by atoms with Crippen LogP contribution in [0.15, 0.2) is 12.1 Å².